The highest BCUT2D eigenvalue weighted by Gasteiger charge is 2.26. The fourth-order valence-electron chi connectivity index (χ4n) is 0.396. The fourth-order valence-corrected chi connectivity index (χ4v) is 0.900. The van der Waals surface area contributed by atoms with Crippen molar-refractivity contribution in [3.8, 4) is 0 Å². The predicted octanol–water partition coefficient (Wildman–Crippen LogP) is 1.07. The summed E-state index contributed by atoms with van der Waals surface area (Å²) >= 11 is 0. The number of unbranched alkanes of at least 4 members (excludes halogenated alkanes) is 1. The number of hydrogen-bond donors (Lipinski definition) is 2. The first kappa shape index (κ1) is 10.6. The Kier molecular flexibility index (Phi) is 4.33. The number of carbonyl (C=O) groups is 1. The normalized spacial score (nSPS) is 15.8. The van der Waals surface area contributed by atoms with Crippen molar-refractivity contribution in [1.82, 2.24) is 0 Å². The van der Waals surface area contributed by atoms with E-state index in [2.05, 4.69) is 10.3 Å². The lowest BCUT2D eigenvalue weighted by atomic mass is 10.4. The van der Waals surface area contributed by atoms with Gasteiger partial charge in [0.25, 0.3) is 0 Å². The van der Waals surface area contributed by atoms with Gasteiger partial charge in [-0.25, -0.2) is 4.57 Å². The van der Waals surface area contributed by atoms with Gasteiger partial charge in [0, 0.05) is 0 Å². The molecule has 0 aliphatic carbocycles. The summed E-state index contributed by atoms with van der Waals surface area (Å²) in [6.45, 7) is 1.99. The van der Waals surface area contributed by atoms with E-state index in [9.17, 15) is 9.36 Å². The SMILES string of the molecule is CCCCOP(=O)(O)C(N)=O. The molecule has 0 fully saturated rings. The number of nitrogens with two attached hydrogens (primary N) is 1. The average Bonchev–Trinajstić information content (AvgIpc) is 1.88. The Balaban J connectivity index is 3.74. The topological polar surface area (TPSA) is 89.6 Å². The van der Waals surface area contributed by atoms with E-state index in [4.69, 9.17) is 4.89 Å². The van der Waals surface area contributed by atoms with E-state index in [0.29, 0.717) is 6.42 Å². The average molecular weight is 181 g/mol. The summed E-state index contributed by atoms with van der Waals surface area (Å²) in [6, 6.07) is 0. The molecule has 1 unspecified atom stereocenters. The molecule has 6 heteroatoms. The first-order chi connectivity index (χ1) is 5.00. The second-order valence-electron chi connectivity index (χ2n) is 2.05. The van der Waals surface area contributed by atoms with Crippen LogP contribution < -0.4 is 5.73 Å². The van der Waals surface area contributed by atoms with Crippen LogP contribution in [0, 0.1) is 0 Å². The molecule has 0 aromatic heterocycles. The molecule has 11 heavy (non-hydrogen) atoms. The van der Waals surface area contributed by atoms with Crippen LogP contribution in [-0.2, 0) is 9.09 Å². The molecule has 0 radical (unpaired) electrons. The lowest BCUT2D eigenvalue weighted by molar-refractivity contribution is 0.233. The van der Waals surface area contributed by atoms with Crippen molar-refractivity contribution in [1.29, 1.82) is 0 Å². The lowest BCUT2D eigenvalue weighted by Gasteiger charge is -2.06. The van der Waals surface area contributed by atoms with E-state index in [1.54, 1.807) is 0 Å². The summed E-state index contributed by atoms with van der Waals surface area (Å²) in [5.74, 6) is 0. The van der Waals surface area contributed by atoms with E-state index in [1.807, 2.05) is 6.92 Å². The zero-order valence-corrected chi connectivity index (χ0v) is 7.21. The minimum absolute atomic E-state index is 0.0905. The zero-order chi connectivity index (χ0) is 8.91. The number of primary amides is 1. The molecule has 0 aromatic rings. The minimum atomic E-state index is -4.16. The van der Waals surface area contributed by atoms with E-state index in [1.165, 1.54) is 0 Å². The summed E-state index contributed by atoms with van der Waals surface area (Å²) in [6.07, 6.45) is 1.47. The molecule has 0 saturated carbocycles. The van der Waals surface area contributed by atoms with Crippen LogP contribution in [0.25, 0.3) is 0 Å². The molecule has 0 rings (SSSR count). The molecule has 0 aliphatic heterocycles. The highest BCUT2D eigenvalue weighted by atomic mass is 31.2. The van der Waals surface area contributed by atoms with Gasteiger partial charge >= 0.3 is 13.2 Å². The number of carbonyl (C=O) groups excluding carboxylic acids is 1. The minimum Gasteiger partial charge on any atom is -0.359 e. The third-order valence-corrected chi connectivity index (χ3v) is 2.13. The maximum absolute atomic E-state index is 10.6. The molecule has 0 saturated heterocycles. The van der Waals surface area contributed by atoms with Crippen LogP contribution in [0.2, 0.25) is 0 Å². The monoisotopic (exact) mass is 181 g/mol. The molecule has 1 atom stereocenters. The van der Waals surface area contributed by atoms with Gasteiger partial charge < -0.3 is 15.2 Å². The zero-order valence-electron chi connectivity index (χ0n) is 6.32. The molecule has 0 spiro atoms. The number of rotatable bonds is 5. The van der Waals surface area contributed by atoms with Crippen LogP contribution in [0.1, 0.15) is 19.8 Å². The van der Waals surface area contributed by atoms with Crippen molar-refractivity contribution in [2.75, 3.05) is 6.61 Å². The van der Waals surface area contributed by atoms with Gasteiger partial charge in [-0.2, -0.15) is 0 Å². The van der Waals surface area contributed by atoms with E-state index in [0.717, 1.165) is 6.42 Å². The van der Waals surface area contributed by atoms with Crippen molar-refractivity contribution in [2.45, 2.75) is 19.8 Å². The Labute approximate surface area is 65.1 Å². The van der Waals surface area contributed by atoms with Crippen LogP contribution >= 0.6 is 7.60 Å². The largest absolute Gasteiger partial charge is 0.415 e. The van der Waals surface area contributed by atoms with Gasteiger partial charge in [-0.3, -0.25) is 4.79 Å². The third kappa shape index (κ3) is 4.14. The summed E-state index contributed by atoms with van der Waals surface area (Å²) in [4.78, 5) is 18.9. The summed E-state index contributed by atoms with van der Waals surface area (Å²) < 4.78 is 15.0. The first-order valence-corrected chi connectivity index (χ1v) is 4.85. The van der Waals surface area contributed by atoms with Crippen molar-refractivity contribution in [3.05, 3.63) is 0 Å². The van der Waals surface area contributed by atoms with Crippen LogP contribution in [0.3, 0.4) is 0 Å². The maximum atomic E-state index is 10.6. The highest BCUT2D eigenvalue weighted by Crippen LogP contribution is 2.41. The number of amides is 1. The quantitative estimate of drug-likeness (QED) is 0.490. The molecule has 3 N–H and O–H groups in total. The van der Waals surface area contributed by atoms with Gasteiger partial charge in [-0.1, -0.05) is 13.3 Å². The van der Waals surface area contributed by atoms with Crippen LogP contribution in [-0.4, -0.2) is 17.1 Å². The van der Waals surface area contributed by atoms with Gasteiger partial charge in [0.15, 0.2) is 0 Å². The molecular weight excluding hydrogens is 169 g/mol. The van der Waals surface area contributed by atoms with Crippen molar-refractivity contribution < 1.29 is 18.8 Å². The Hall–Kier alpha value is -0.380. The third-order valence-electron chi connectivity index (χ3n) is 1.04. The standard InChI is InChI=1S/C5H12NO4P/c1-2-3-4-10-11(8,9)5(6)7/h2-4H2,1H3,(H2,6,7)(H,8,9). The summed E-state index contributed by atoms with van der Waals surface area (Å²) in [5.41, 5.74) is 3.28. The van der Waals surface area contributed by atoms with Crippen LogP contribution in [0.5, 0.6) is 0 Å². The number of hydrogen-bond acceptors (Lipinski definition) is 3. The summed E-state index contributed by atoms with van der Waals surface area (Å²) in [5, 5.41) is 0. The molecule has 0 aromatic carbocycles. The van der Waals surface area contributed by atoms with Crippen molar-refractivity contribution in [3.63, 3.8) is 0 Å². The van der Waals surface area contributed by atoms with Gasteiger partial charge in [0.2, 0.25) is 0 Å². The van der Waals surface area contributed by atoms with Gasteiger partial charge in [0.05, 0.1) is 6.61 Å². The Morgan fingerprint density at radius 2 is 2.27 bits per heavy atom. The Bertz CT molecular complexity index is 181. The lowest BCUT2D eigenvalue weighted by Crippen LogP contribution is -2.11. The molecule has 0 aliphatic rings. The van der Waals surface area contributed by atoms with E-state index < -0.39 is 13.2 Å². The second kappa shape index (κ2) is 4.49. The van der Waals surface area contributed by atoms with Crippen molar-refractivity contribution in [2.24, 2.45) is 5.73 Å². The van der Waals surface area contributed by atoms with Crippen LogP contribution in [0.15, 0.2) is 0 Å². The molecule has 1 amide bonds. The Morgan fingerprint density at radius 1 is 1.73 bits per heavy atom. The van der Waals surface area contributed by atoms with E-state index in [-0.39, 0.29) is 6.61 Å². The maximum Gasteiger partial charge on any atom is 0.415 e. The fraction of sp³-hybridized carbons (Fsp3) is 0.800. The van der Waals surface area contributed by atoms with E-state index >= 15 is 0 Å². The molecule has 0 heterocycles. The van der Waals surface area contributed by atoms with Crippen LogP contribution in [0.4, 0.5) is 4.79 Å². The smallest absolute Gasteiger partial charge is 0.359 e. The van der Waals surface area contributed by atoms with Crippen molar-refractivity contribution >= 4 is 13.2 Å². The highest BCUT2D eigenvalue weighted by molar-refractivity contribution is 7.70. The molecule has 5 nitrogen and oxygen atoms in total. The van der Waals surface area contributed by atoms with Gasteiger partial charge in [-0.15, -0.1) is 0 Å². The second-order valence-corrected chi connectivity index (χ2v) is 3.79. The predicted molar refractivity (Wildman–Crippen MR) is 40.3 cm³/mol. The first-order valence-electron chi connectivity index (χ1n) is 3.28. The molecular formula is C5H12NO4P. The van der Waals surface area contributed by atoms with Gasteiger partial charge in [-0.05, 0) is 6.42 Å². The molecule has 66 valence electrons. The Morgan fingerprint density at radius 3 is 2.64 bits per heavy atom. The van der Waals surface area contributed by atoms with Gasteiger partial charge in [0.1, 0.15) is 0 Å². The summed E-state index contributed by atoms with van der Waals surface area (Å²) in [7, 11) is -4.16. The molecule has 0 bridgehead atoms.